The Labute approximate surface area is 124 Å². The van der Waals surface area contributed by atoms with Crippen LogP contribution in [0.5, 0.6) is 0 Å². The molecule has 2 amide bonds. The molecule has 0 spiro atoms. The Morgan fingerprint density at radius 1 is 0.952 bits per heavy atom. The van der Waals surface area contributed by atoms with E-state index in [0.717, 1.165) is 5.56 Å². The summed E-state index contributed by atoms with van der Waals surface area (Å²) >= 11 is 0. The molecule has 0 aliphatic carbocycles. The van der Waals surface area contributed by atoms with E-state index in [9.17, 15) is 9.59 Å². The van der Waals surface area contributed by atoms with Crippen molar-refractivity contribution >= 4 is 17.5 Å². The molecule has 2 N–H and O–H groups in total. The number of amides is 2. The lowest BCUT2D eigenvalue weighted by Gasteiger charge is -2.14. The fraction of sp³-hybridized carbons (Fsp3) is 0.176. The smallest absolute Gasteiger partial charge is 0.251 e. The molecule has 4 heteroatoms. The lowest BCUT2D eigenvalue weighted by atomic mass is 10.2. The molecule has 2 rings (SSSR count). The van der Waals surface area contributed by atoms with Crippen molar-refractivity contribution in [2.75, 3.05) is 5.32 Å². The highest BCUT2D eigenvalue weighted by Gasteiger charge is 2.16. The summed E-state index contributed by atoms with van der Waals surface area (Å²) in [7, 11) is 0. The first-order valence-corrected chi connectivity index (χ1v) is 6.79. The zero-order chi connectivity index (χ0) is 15.2. The number of benzene rings is 2. The number of anilines is 1. The predicted molar refractivity (Wildman–Crippen MR) is 83.2 cm³/mol. The van der Waals surface area contributed by atoms with Gasteiger partial charge >= 0.3 is 0 Å². The van der Waals surface area contributed by atoms with Gasteiger partial charge < -0.3 is 10.6 Å². The highest BCUT2D eigenvalue weighted by Crippen LogP contribution is 2.09. The van der Waals surface area contributed by atoms with Crippen molar-refractivity contribution in [1.82, 2.24) is 5.32 Å². The Balaban J connectivity index is 1.93. The van der Waals surface area contributed by atoms with Gasteiger partial charge in [-0.1, -0.05) is 35.9 Å². The van der Waals surface area contributed by atoms with Crippen LogP contribution in [-0.2, 0) is 4.79 Å². The Morgan fingerprint density at radius 3 is 2.19 bits per heavy atom. The largest absolute Gasteiger partial charge is 0.341 e. The standard InChI is InChI=1S/C17H18N2O2/c1-12-8-10-15(11-9-12)19-16(20)13(2)18-17(21)14-6-4-3-5-7-14/h3-11,13H,1-2H3,(H,18,21)(H,19,20). The normalized spacial score (nSPS) is 11.5. The molecule has 108 valence electrons. The van der Waals surface area contributed by atoms with Crippen molar-refractivity contribution in [1.29, 1.82) is 0 Å². The van der Waals surface area contributed by atoms with Crippen molar-refractivity contribution in [3.63, 3.8) is 0 Å². The molecule has 1 unspecified atom stereocenters. The Morgan fingerprint density at radius 2 is 1.57 bits per heavy atom. The van der Waals surface area contributed by atoms with Crippen LogP contribution in [0, 0.1) is 6.92 Å². The van der Waals surface area contributed by atoms with Crippen LogP contribution in [0.2, 0.25) is 0 Å². The molecule has 0 heterocycles. The Hall–Kier alpha value is -2.62. The van der Waals surface area contributed by atoms with E-state index in [2.05, 4.69) is 10.6 Å². The first-order chi connectivity index (χ1) is 10.1. The van der Waals surface area contributed by atoms with Crippen LogP contribution in [0.4, 0.5) is 5.69 Å². The summed E-state index contributed by atoms with van der Waals surface area (Å²) in [6.07, 6.45) is 0. The zero-order valence-electron chi connectivity index (χ0n) is 12.1. The van der Waals surface area contributed by atoms with Gasteiger partial charge in [-0.25, -0.2) is 0 Å². The molecule has 0 bridgehead atoms. The van der Waals surface area contributed by atoms with Crippen molar-refractivity contribution in [3.05, 3.63) is 65.7 Å². The molecule has 2 aromatic rings. The molecule has 1 atom stereocenters. The molecular weight excluding hydrogens is 264 g/mol. The second-order valence-corrected chi connectivity index (χ2v) is 4.92. The summed E-state index contributed by atoms with van der Waals surface area (Å²) < 4.78 is 0. The summed E-state index contributed by atoms with van der Waals surface area (Å²) in [4.78, 5) is 24.0. The molecule has 0 aliphatic rings. The van der Waals surface area contributed by atoms with Gasteiger partial charge in [0.05, 0.1) is 0 Å². The third-order valence-electron chi connectivity index (χ3n) is 3.10. The van der Waals surface area contributed by atoms with Crippen LogP contribution in [0.1, 0.15) is 22.8 Å². The van der Waals surface area contributed by atoms with E-state index >= 15 is 0 Å². The maximum Gasteiger partial charge on any atom is 0.251 e. The van der Waals surface area contributed by atoms with Gasteiger partial charge in [-0.2, -0.15) is 0 Å². The van der Waals surface area contributed by atoms with Gasteiger partial charge in [-0.3, -0.25) is 9.59 Å². The summed E-state index contributed by atoms with van der Waals surface area (Å²) in [5, 5.41) is 5.45. The maximum atomic E-state index is 12.0. The average molecular weight is 282 g/mol. The molecule has 0 aliphatic heterocycles. The molecule has 0 fully saturated rings. The predicted octanol–water partition coefficient (Wildman–Crippen LogP) is 2.75. The third-order valence-corrected chi connectivity index (χ3v) is 3.10. The van der Waals surface area contributed by atoms with Gasteiger partial charge in [0.25, 0.3) is 5.91 Å². The first kappa shape index (κ1) is 14.8. The summed E-state index contributed by atoms with van der Waals surface area (Å²) in [5.74, 6) is -0.509. The summed E-state index contributed by atoms with van der Waals surface area (Å²) in [6.45, 7) is 3.64. The van der Waals surface area contributed by atoms with Crippen molar-refractivity contribution in [3.8, 4) is 0 Å². The topological polar surface area (TPSA) is 58.2 Å². The van der Waals surface area contributed by atoms with Crippen LogP contribution in [-0.4, -0.2) is 17.9 Å². The molecule has 0 radical (unpaired) electrons. The first-order valence-electron chi connectivity index (χ1n) is 6.79. The Kier molecular flexibility index (Phi) is 4.72. The third kappa shape index (κ3) is 4.18. The van der Waals surface area contributed by atoms with E-state index in [1.807, 2.05) is 37.3 Å². The molecule has 21 heavy (non-hydrogen) atoms. The monoisotopic (exact) mass is 282 g/mol. The summed E-state index contributed by atoms with van der Waals surface area (Å²) in [5.41, 5.74) is 2.37. The van der Waals surface area contributed by atoms with Crippen LogP contribution in [0.3, 0.4) is 0 Å². The second-order valence-electron chi connectivity index (χ2n) is 4.92. The van der Waals surface area contributed by atoms with Gasteiger partial charge in [-0.05, 0) is 38.1 Å². The quantitative estimate of drug-likeness (QED) is 0.906. The van der Waals surface area contributed by atoms with Crippen LogP contribution >= 0.6 is 0 Å². The van der Waals surface area contributed by atoms with E-state index in [1.165, 1.54) is 0 Å². The number of carbonyl (C=O) groups is 2. The van der Waals surface area contributed by atoms with E-state index in [-0.39, 0.29) is 11.8 Å². The van der Waals surface area contributed by atoms with Gasteiger partial charge in [0, 0.05) is 11.3 Å². The highest BCUT2D eigenvalue weighted by atomic mass is 16.2. The maximum absolute atomic E-state index is 12.0. The number of aryl methyl sites for hydroxylation is 1. The number of carbonyl (C=O) groups excluding carboxylic acids is 2. The molecule has 4 nitrogen and oxygen atoms in total. The lowest BCUT2D eigenvalue weighted by Crippen LogP contribution is -2.41. The van der Waals surface area contributed by atoms with Gasteiger partial charge in [0.2, 0.25) is 5.91 Å². The number of hydrogen-bond acceptors (Lipinski definition) is 2. The molecule has 2 aromatic carbocycles. The zero-order valence-corrected chi connectivity index (χ0v) is 12.1. The van der Waals surface area contributed by atoms with Gasteiger partial charge in [0.15, 0.2) is 0 Å². The summed E-state index contributed by atoms with van der Waals surface area (Å²) in [6, 6.07) is 15.7. The van der Waals surface area contributed by atoms with E-state index in [1.54, 1.807) is 31.2 Å². The van der Waals surface area contributed by atoms with Crippen LogP contribution < -0.4 is 10.6 Å². The minimum Gasteiger partial charge on any atom is -0.341 e. The van der Waals surface area contributed by atoms with Gasteiger partial charge in [0.1, 0.15) is 6.04 Å². The minimum absolute atomic E-state index is 0.247. The highest BCUT2D eigenvalue weighted by molar-refractivity contribution is 6.00. The molecule has 0 saturated carbocycles. The average Bonchev–Trinajstić information content (AvgIpc) is 2.50. The van der Waals surface area contributed by atoms with E-state index < -0.39 is 6.04 Å². The minimum atomic E-state index is -0.612. The molecule has 0 aromatic heterocycles. The van der Waals surface area contributed by atoms with Crippen LogP contribution in [0.25, 0.3) is 0 Å². The van der Waals surface area contributed by atoms with Crippen LogP contribution in [0.15, 0.2) is 54.6 Å². The number of hydrogen-bond donors (Lipinski definition) is 2. The fourth-order valence-corrected chi connectivity index (χ4v) is 1.82. The van der Waals surface area contributed by atoms with Crippen molar-refractivity contribution in [2.24, 2.45) is 0 Å². The SMILES string of the molecule is Cc1ccc(NC(=O)C(C)NC(=O)c2ccccc2)cc1. The van der Waals surface area contributed by atoms with E-state index in [0.29, 0.717) is 11.3 Å². The lowest BCUT2D eigenvalue weighted by molar-refractivity contribution is -0.117. The number of nitrogens with one attached hydrogen (secondary N) is 2. The number of rotatable bonds is 4. The Bertz CT molecular complexity index is 621. The van der Waals surface area contributed by atoms with Crippen molar-refractivity contribution in [2.45, 2.75) is 19.9 Å². The molecule has 0 saturated heterocycles. The molecular formula is C17H18N2O2. The fourth-order valence-electron chi connectivity index (χ4n) is 1.82. The van der Waals surface area contributed by atoms with E-state index in [4.69, 9.17) is 0 Å². The second kappa shape index (κ2) is 6.70. The van der Waals surface area contributed by atoms with Crippen molar-refractivity contribution < 1.29 is 9.59 Å². The van der Waals surface area contributed by atoms with Gasteiger partial charge in [-0.15, -0.1) is 0 Å².